The van der Waals surface area contributed by atoms with Gasteiger partial charge >= 0.3 is 12.1 Å². The topological polar surface area (TPSA) is 99.1 Å². The summed E-state index contributed by atoms with van der Waals surface area (Å²) in [4.78, 5) is 36.9. The van der Waals surface area contributed by atoms with Crippen LogP contribution in [-0.2, 0) is 23.8 Å². The van der Waals surface area contributed by atoms with Crippen LogP contribution in [-0.4, -0.2) is 52.7 Å². The fraction of sp³-hybridized carbons (Fsp3) is 0.750. The molecule has 1 N–H and O–H groups in total. The smallest absolute Gasteiger partial charge is 0.481 e. The highest BCUT2D eigenvalue weighted by atomic mass is 35.6. The average molecular weight is 490 g/mol. The number of rotatable bonds is 12. The van der Waals surface area contributed by atoms with Gasteiger partial charge in [0.1, 0.15) is 18.5 Å². The molecule has 0 aliphatic heterocycles. The van der Waals surface area contributed by atoms with Crippen molar-refractivity contribution in [2.75, 3.05) is 13.7 Å². The molecule has 0 saturated heterocycles. The Hall–Kier alpha value is -1.02. The van der Waals surface area contributed by atoms with Gasteiger partial charge in [0.05, 0.1) is 23.4 Å². The number of ether oxygens (including phenoxy) is 3. The molecule has 0 bridgehead atoms. The maximum atomic E-state index is 13.3. The van der Waals surface area contributed by atoms with E-state index < -0.39 is 52.0 Å². The summed E-state index contributed by atoms with van der Waals surface area (Å²) in [5, 5.41) is 9.36. The minimum absolute atomic E-state index is 0.282. The summed E-state index contributed by atoms with van der Waals surface area (Å²) in [5.41, 5.74) is -1.18. The molecule has 0 radical (unpaired) electrons. The van der Waals surface area contributed by atoms with Gasteiger partial charge < -0.3 is 19.3 Å². The van der Waals surface area contributed by atoms with Gasteiger partial charge in [0.2, 0.25) is 3.79 Å². The Kier molecular flexibility index (Phi) is 11.7. The highest BCUT2D eigenvalue weighted by Gasteiger charge is 2.47. The van der Waals surface area contributed by atoms with E-state index in [1.807, 2.05) is 0 Å². The van der Waals surface area contributed by atoms with E-state index in [1.54, 1.807) is 33.8 Å². The molecule has 0 aromatic rings. The normalized spacial score (nSPS) is 17.2. The first-order valence-electron chi connectivity index (χ1n) is 9.41. The van der Waals surface area contributed by atoms with E-state index in [4.69, 9.17) is 49.0 Å². The third-order valence-electron chi connectivity index (χ3n) is 5.04. The van der Waals surface area contributed by atoms with Gasteiger partial charge in [0, 0.05) is 7.11 Å². The van der Waals surface area contributed by atoms with Crippen LogP contribution in [0.25, 0.3) is 0 Å². The van der Waals surface area contributed by atoms with Crippen LogP contribution in [0.3, 0.4) is 0 Å². The van der Waals surface area contributed by atoms with E-state index in [9.17, 15) is 19.5 Å². The summed E-state index contributed by atoms with van der Waals surface area (Å²) >= 11 is 16.7. The standard InChI is InChI=1S/C20H31Cl3O7/c1-8-9-11(2)14(30-18(27)29-10-20(21,22)23)12(3)15(24)19(5,6)16(28-7)13(4)17(25)26/h8,11-14,16H,1,9-10H2,2-7H3,(H,25,26). The van der Waals surface area contributed by atoms with Gasteiger partial charge in [-0.05, 0) is 19.3 Å². The molecule has 7 nitrogen and oxygen atoms in total. The Bertz CT molecular complexity index is 616. The predicted molar refractivity (Wildman–Crippen MR) is 116 cm³/mol. The SMILES string of the molecule is C=CCC(C)C(OC(=O)OCC(Cl)(Cl)Cl)C(C)C(=O)C(C)(C)C(OC)C(C)C(=O)O. The number of ketones is 1. The number of hydrogen-bond donors (Lipinski definition) is 1. The number of allylic oxidation sites excluding steroid dienone is 1. The first-order chi connectivity index (χ1) is 13.6. The molecule has 0 aliphatic rings. The summed E-state index contributed by atoms with van der Waals surface area (Å²) in [5.74, 6) is -3.42. The lowest BCUT2D eigenvalue weighted by molar-refractivity contribution is -0.156. The third kappa shape index (κ3) is 8.61. The second-order valence-electron chi connectivity index (χ2n) is 7.90. The number of carbonyl (C=O) groups is 3. The number of carboxylic acids is 1. The fourth-order valence-corrected chi connectivity index (χ4v) is 3.69. The van der Waals surface area contributed by atoms with Crippen molar-refractivity contribution in [3.05, 3.63) is 12.7 Å². The number of methoxy groups -OCH3 is 1. The van der Waals surface area contributed by atoms with Crippen molar-refractivity contribution in [2.45, 2.75) is 57.0 Å². The second kappa shape index (κ2) is 12.1. The van der Waals surface area contributed by atoms with Gasteiger partial charge in [-0.15, -0.1) is 6.58 Å². The largest absolute Gasteiger partial charge is 0.508 e. The van der Waals surface area contributed by atoms with Crippen LogP contribution in [0.4, 0.5) is 4.79 Å². The van der Waals surface area contributed by atoms with Crippen LogP contribution >= 0.6 is 34.8 Å². The molecule has 5 atom stereocenters. The highest BCUT2D eigenvalue weighted by Crippen LogP contribution is 2.36. The van der Waals surface area contributed by atoms with Crippen molar-refractivity contribution in [3.8, 4) is 0 Å². The van der Waals surface area contributed by atoms with Gasteiger partial charge in [-0.2, -0.15) is 0 Å². The van der Waals surface area contributed by atoms with Gasteiger partial charge in [-0.3, -0.25) is 9.59 Å². The van der Waals surface area contributed by atoms with Crippen molar-refractivity contribution in [1.82, 2.24) is 0 Å². The lowest BCUT2D eigenvalue weighted by atomic mass is 9.71. The van der Waals surface area contributed by atoms with E-state index in [0.29, 0.717) is 6.42 Å². The minimum atomic E-state index is -1.80. The molecule has 0 spiro atoms. The summed E-state index contributed by atoms with van der Waals surface area (Å²) in [6, 6.07) is 0. The summed E-state index contributed by atoms with van der Waals surface area (Å²) in [6.45, 7) is 11.2. The molecule has 0 rings (SSSR count). The van der Waals surface area contributed by atoms with E-state index in [-0.39, 0.29) is 11.7 Å². The van der Waals surface area contributed by atoms with E-state index in [2.05, 4.69) is 6.58 Å². The molecule has 0 amide bonds. The minimum Gasteiger partial charge on any atom is -0.481 e. The molecule has 0 aromatic heterocycles. The van der Waals surface area contributed by atoms with Crippen molar-refractivity contribution >= 4 is 52.7 Å². The Labute approximate surface area is 193 Å². The Balaban J connectivity index is 5.67. The van der Waals surface area contributed by atoms with E-state index >= 15 is 0 Å². The molecule has 0 heterocycles. The number of Topliss-reactive ketones (excluding diaryl/α,β-unsaturated/α-hetero) is 1. The molecule has 30 heavy (non-hydrogen) atoms. The summed E-state index contributed by atoms with van der Waals surface area (Å²) in [7, 11) is 1.35. The number of carboxylic acid groups (broad SMARTS) is 1. The van der Waals surface area contributed by atoms with Crippen LogP contribution in [0.15, 0.2) is 12.7 Å². The van der Waals surface area contributed by atoms with E-state index in [1.165, 1.54) is 14.0 Å². The molecular formula is C20H31Cl3O7. The molecule has 0 aliphatic carbocycles. The van der Waals surface area contributed by atoms with Gasteiger partial charge in [-0.1, -0.05) is 68.6 Å². The lowest BCUT2D eigenvalue weighted by Gasteiger charge is -2.38. The monoisotopic (exact) mass is 488 g/mol. The first-order valence-corrected chi connectivity index (χ1v) is 10.5. The van der Waals surface area contributed by atoms with Crippen molar-refractivity contribution in [1.29, 1.82) is 0 Å². The zero-order valence-corrected chi connectivity index (χ0v) is 20.4. The Morgan fingerprint density at radius 2 is 1.63 bits per heavy atom. The number of carbonyl (C=O) groups excluding carboxylic acids is 2. The van der Waals surface area contributed by atoms with Crippen molar-refractivity contribution in [3.63, 3.8) is 0 Å². The summed E-state index contributed by atoms with van der Waals surface area (Å²) < 4.78 is 13.8. The number of aliphatic carboxylic acids is 1. The molecule has 174 valence electrons. The lowest BCUT2D eigenvalue weighted by Crippen LogP contribution is -2.50. The first kappa shape index (κ1) is 29.0. The molecule has 10 heteroatoms. The maximum Gasteiger partial charge on any atom is 0.508 e. The molecule has 0 aromatic carbocycles. The van der Waals surface area contributed by atoms with Crippen LogP contribution < -0.4 is 0 Å². The van der Waals surface area contributed by atoms with Crippen LogP contribution in [0.5, 0.6) is 0 Å². The van der Waals surface area contributed by atoms with Crippen LogP contribution in [0, 0.1) is 23.2 Å². The van der Waals surface area contributed by atoms with Gasteiger partial charge in [0.15, 0.2) is 0 Å². The fourth-order valence-electron chi connectivity index (χ4n) is 3.52. The van der Waals surface area contributed by atoms with Crippen molar-refractivity contribution in [2.24, 2.45) is 23.2 Å². The second-order valence-corrected chi connectivity index (χ2v) is 10.4. The van der Waals surface area contributed by atoms with Crippen molar-refractivity contribution < 1.29 is 33.7 Å². The number of halogens is 3. The van der Waals surface area contributed by atoms with Crippen LogP contribution in [0.1, 0.15) is 41.0 Å². The maximum absolute atomic E-state index is 13.3. The highest BCUT2D eigenvalue weighted by molar-refractivity contribution is 6.67. The Morgan fingerprint density at radius 3 is 2.03 bits per heavy atom. The third-order valence-corrected chi connectivity index (χ3v) is 5.36. The summed E-state index contributed by atoms with van der Waals surface area (Å²) in [6.07, 6.45) is -0.756. The van der Waals surface area contributed by atoms with Crippen LogP contribution in [0.2, 0.25) is 0 Å². The van der Waals surface area contributed by atoms with Gasteiger partial charge in [0.25, 0.3) is 0 Å². The van der Waals surface area contributed by atoms with Gasteiger partial charge in [-0.25, -0.2) is 4.79 Å². The molecule has 5 unspecified atom stereocenters. The zero-order valence-electron chi connectivity index (χ0n) is 18.1. The zero-order chi connectivity index (χ0) is 23.9. The molecular weight excluding hydrogens is 459 g/mol. The Morgan fingerprint density at radius 1 is 1.10 bits per heavy atom. The number of alkyl halides is 3. The quantitative estimate of drug-likeness (QED) is 0.232. The average Bonchev–Trinajstić information content (AvgIpc) is 2.62. The van der Waals surface area contributed by atoms with E-state index in [0.717, 1.165) is 0 Å². The number of hydrogen-bond acceptors (Lipinski definition) is 6. The molecule has 0 fully saturated rings. The molecule has 0 saturated carbocycles. The predicted octanol–water partition coefficient (Wildman–Crippen LogP) is 5.06.